The Morgan fingerprint density at radius 1 is 1.42 bits per heavy atom. The largest absolute Gasteiger partial charge is 0.250 e. The number of hydrogen-bond acceptors (Lipinski definition) is 2. The minimum atomic E-state index is 0.468. The van der Waals surface area contributed by atoms with Gasteiger partial charge in [-0.1, -0.05) is 20.8 Å². The third-order valence-corrected chi connectivity index (χ3v) is 2.48. The van der Waals surface area contributed by atoms with Crippen LogP contribution in [0.4, 0.5) is 0 Å². The predicted octanol–water partition coefficient (Wildman–Crippen LogP) is 3.51. The lowest BCUT2D eigenvalue weighted by molar-refractivity contribution is 0.365. The van der Waals surface area contributed by atoms with E-state index in [4.69, 9.17) is 0 Å². The van der Waals surface area contributed by atoms with Crippen LogP contribution in [0.15, 0.2) is 10.9 Å². The molecule has 0 N–H and O–H groups in total. The van der Waals surface area contributed by atoms with E-state index < -0.39 is 0 Å². The molecule has 0 aromatic carbocycles. The molecule has 1 aromatic heterocycles. The Bertz CT molecular complexity index is 208. The standard InChI is InChI=1S/C10H17NS/c1-10(2,3)6-4-5-9-7-12-8-11-9/h7-8H,4-6H2,1-3H3. The fourth-order valence-corrected chi connectivity index (χ4v) is 1.75. The van der Waals surface area contributed by atoms with Crippen molar-refractivity contribution in [3.05, 3.63) is 16.6 Å². The van der Waals surface area contributed by atoms with Crippen molar-refractivity contribution in [2.75, 3.05) is 0 Å². The summed E-state index contributed by atoms with van der Waals surface area (Å²) < 4.78 is 0. The topological polar surface area (TPSA) is 12.9 Å². The van der Waals surface area contributed by atoms with E-state index in [2.05, 4.69) is 31.1 Å². The van der Waals surface area contributed by atoms with Gasteiger partial charge in [-0.3, -0.25) is 0 Å². The fraction of sp³-hybridized carbons (Fsp3) is 0.700. The van der Waals surface area contributed by atoms with Crippen LogP contribution in [-0.4, -0.2) is 4.98 Å². The van der Waals surface area contributed by atoms with Gasteiger partial charge in [-0.05, 0) is 24.7 Å². The molecule has 0 unspecified atom stereocenters. The average Bonchev–Trinajstić information content (AvgIpc) is 2.36. The molecular weight excluding hydrogens is 166 g/mol. The van der Waals surface area contributed by atoms with E-state index in [1.807, 2.05) is 5.51 Å². The number of aromatic nitrogens is 1. The molecule has 0 aliphatic rings. The highest BCUT2D eigenvalue weighted by Gasteiger charge is 2.09. The minimum absolute atomic E-state index is 0.468. The Hall–Kier alpha value is -0.370. The SMILES string of the molecule is CC(C)(C)CCCc1cscn1. The molecule has 0 saturated heterocycles. The van der Waals surface area contributed by atoms with Crippen LogP contribution >= 0.6 is 11.3 Å². The third kappa shape index (κ3) is 3.86. The van der Waals surface area contributed by atoms with Crippen molar-refractivity contribution in [1.29, 1.82) is 0 Å². The van der Waals surface area contributed by atoms with Gasteiger partial charge < -0.3 is 0 Å². The fourth-order valence-electron chi connectivity index (χ4n) is 1.16. The summed E-state index contributed by atoms with van der Waals surface area (Å²) >= 11 is 1.69. The summed E-state index contributed by atoms with van der Waals surface area (Å²) in [4.78, 5) is 4.25. The zero-order chi connectivity index (χ0) is 9.03. The molecule has 0 bridgehead atoms. The molecule has 68 valence electrons. The quantitative estimate of drug-likeness (QED) is 0.698. The van der Waals surface area contributed by atoms with Crippen LogP contribution in [0.5, 0.6) is 0 Å². The lowest BCUT2D eigenvalue weighted by Crippen LogP contribution is -2.04. The summed E-state index contributed by atoms with van der Waals surface area (Å²) in [5.74, 6) is 0. The molecule has 0 fully saturated rings. The molecule has 2 heteroatoms. The molecule has 0 aliphatic heterocycles. The van der Waals surface area contributed by atoms with Gasteiger partial charge in [0.25, 0.3) is 0 Å². The highest BCUT2D eigenvalue weighted by molar-refractivity contribution is 7.07. The number of aryl methyl sites for hydroxylation is 1. The molecule has 0 radical (unpaired) electrons. The molecule has 1 rings (SSSR count). The number of nitrogens with zero attached hydrogens (tertiary/aromatic N) is 1. The van der Waals surface area contributed by atoms with Crippen molar-refractivity contribution in [1.82, 2.24) is 4.98 Å². The Morgan fingerprint density at radius 3 is 2.67 bits per heavy atom. The second-order valence-electron chi connectivity index (χ2n) is 4.39. The van der Waals surface area contributed by atoms with Gasteiger partial charge in [-0.25, -0.2) is 4.98 Å². The molecule has 1 heterocycles. The normalized spacial score (nSPS) is 11.9. The smallest absolute Gasteiger partial charge is 0.0794 e. The number of hydrogen-bond donors (Lipinski definition) is 0. The molecule has 0 aliphatic carbocycles. The van der Waals surface area contributed by atoms with Crippen molar-refractivity contribution in [2.45, 2.75) is 40.0 Å². The highest BCUT2D eigenvalue weighted by Crippen LogP contribution is 2.21. The maximum Gasteiger partial charge on any atom is 0.0794 e. The van der Waals surface area contributed by atoms with Crippen molar-refractivity contribution >= 4 is 11.3 Å². The van der Waals surface area contributed by atoms with Crippen LogP contribution in [0.3, 0.4) is 0 Å². The van der Waals surface area contributed by atoms with Crippen molar-refractivity contribution in [3.8, 4) is 0 Å². The van der Waals surface area contributed by atoms with Crippen LogP contribution < -0.4 is 0 Å². The predicted molar refractivity (Wildman–Crippen MR) is 54.5 cm³/mol. The average molecular weight is 183 g/mol. The second-order valence-corrected chi connectivity index (χ2v) is 5.11. The van der Waals surface area contributed by atoms with Gasteiger partial charge in [-0.2, -0.15) is 0 Å². The Morgan fingerprint density at radius 2 is 2.17 bits per heavy atom. The zero-order valence-electron chi connectivity index (χ0n) is 8.13. The monoisotopic (exact) mass is 183 g/mol. The van der Waals surface area contributed by atoms with E-state index in [1.165, 1.54) is 18.5 Å². The van der Waals surface area contributed by atoms with Crippen molar-refractivity contribution < 1.29 is 0 Å². The van der Waals surface area contributed by atoms with Gasteiger partial charge in [0.05, 0.1) is 11.2 Å². The van der Waals surface area contributed by atoms with E-state index in [-0.39, 0.29) is 0 Å². The van der Waals surface area contributed by atoms with Gasteiger partial charge in [0.1, 0.15) is 0 Å². The number of rotatable bonds is 3. The molecule has 1 nitrogen and oxygen atoms in total. The van der Waals surface area contributed by atoms with E-state index in [0.717, 1.165) is 6.42 Å². The summed E-state index contributed by atoms with van der Waals surface area (Å²) in [5, 5.41) is 2.14. The second kappa shape index (κ2) is 4.04. The Labute approximate surface area is 78.8 Å². The molecule has 1 aromatic rings. The number of thiazole rings is 1. The minimum Gasteiger partial charge on any atom is -0.250 e. The first-order valence-electron chi connectivity index (χ1n) is 4.45. The summed E-state index contributed by atoms with van der Waals surface area (Å²) in [5.41, 5.74) is 3.63. The Kier molecular flexibility index (Phi) is 3.27. The van der Waals surface area contributed by atoms with E-state index >= 15 is 0 Å². The van der Waals surface area contributed by atoms with Gasteiger partial charge >= 0.3 is 0 Å². The van der Waals surface area contributed by atoms with E-state index in [1.54, 1.807) is 11.3 Å². The lowest BCUT2D eigenvalue weighted by atomic mass is 9.90. The van der Waals surface area contributed by atoms with Gasteiger partial charge in [0.15, 0.2) is 0 Å². The lowest BCUT2D eigenvalue weighted by Gasteiger charge is -2.16. The van der Waals surface area contributed by atoms with Crippen molar-refractivity contribution in [3.63, 3.8) is 0 Å². The first kappa shape index (κ1) is 9.72. The highest BCUT2D eigenvalue weighted by atomic mass is 32.1. The first-order valence-corrected chi connectivity index (χ1v) is 5.39. The summed E-state index contributed by atoms with van der Waals surface area (Å²) in [6.45, 7) is 6.86. The molecule has 12 heavy (non-hydrogen) atoms. The van der Waals surface area contributed by atoms with Crippen LogP contribution in [0, 0.1) is 5.41 Å². The third-order valence-electron chi connectivity index (χ3n) is 1.84. The van der Waals surface area contributed by atoms with Gasteiger partial charge in [-0.15, -0.1) is 11.3 Å². The summed E-state index contributed by atoms with van der Waals surface area (Å²) in [6.07, 6.45) is 3.68. The van der Waals surface area contributed by atoms with Crippen molar-refractivity contribution in [2.24, 2.45) is 5.41 Å². The van der Waals surface area contributed by atoms with Crippen LogP contribution in [0.1, 0.15) is 39.3 Å². The van der Waals surface area contributed by atoms with E-state index in [9.17, 15) is 0 Å². The van der Waals surface area contributed by atoms with Crippen LogP contribution in [0.25, 0.3) is 0 Å². The molecule has 0 amide bonds. The summed E-state index contributed by atoms with van der Waals surface area (Å²) in [6, 6.07) is 0. The van der Waals surface area contributed by atoms with Gasteiger partial charge in [0, 0.05) is 5.38 Å². The Balaban J connectivity index is 2.20. The van der Waals surface area contributed by atoms with Gasteiger partial charge in [0.2, 0.25) is 0 Å². The zero-order valence-corrected chi connectivity index (χ0v) is 8.95. The van der Waals surface area contributed by atoms with E-state index in [0.29, 0.717) is 5.41 Å². The maximum absolute atomic E-state index is 4.25. The summed E-state index contributed by atoms with van der Waals surface area (Å²) in [7, 11) is 0. The molecule has 0 atom stereocenters. The maximum atomic E-state index is 4.25. The first-order chi connectivity index (χ1) is 5.58. The molecular formula is C10H17NS. The molecule has 0 spiro atoms. The molecule has 0 saturated carbocycles. The van der Waals surface area contributed by atoms with Crippen LogP contribution in [-0.2, 0) is 6.42 Å². The van der Waals surface area contributed by atoms with Crippen LogP contribution in [0.2, 0.25) is 0 Å².